The molecule has 0 spiro atoms. The predicted octanol–water partition coefficient (Wildman–Crippen LogP) is 0.764. The Kier molecular flexibility index (Phi) is 4.32. The van der Waals surface area contributed by atoms with Crippen LogP contribution in [0.1, 0.15) is 23.2 Å². The van der Waals surface area contributed by atoms with E-state index < -0.39 is 17.4 Å². The van der Waals surface area contributed by atoms with Gasteiger partial charge in [0.1, 0.15) is 17.0 Å². The second kappa shape index (κ2) is 6.01. The predicted molar refractivity (Wildman–Crippen MR) is 72.5 cm³/mol. The summed E-state index contributed by atoms with van der Waals surface area (Å²) in [6.07, 6.45) is 0.371. The van der Waals surface area contributed by atoms with E-state index >= 15 is 0 Å². The lowest BCUT2D eigenvalue weighted by atomic mass is 9.89. The molecule has 0 aromatic heterocycles. The van der Waals surface area contributed by atoms with Crippen molar-refractivity contribution in [2.75, 3.05) is 20.3 Å². The summed E-state index contributed by atoms with van der Waals surface area (Å²) in [7, 11) is 1.44. The lowest BCUT2D eigenvalue weighted by molar-refractivity contribution is -0.148. The van der Waals surface area contributed by atoms with Crippen LogP contribution in [-0.4, -0.2) is 48.0 Å². The average Bonchev–Trinajstić information content (AvgIpc) is 2.47. The van der Waals surface area contributed by atoms with Gasteiger partial charge in [0.05, 0.1) is 12.7 Å². The van der Waals surface area contributed by atoms with E-state index in [9.17, 15) is 19.8 Å². The van der Waals surface area contributed by atoms with Crippen molar-refractivity contribution in [2.45, 2.75) is 18.4 Å². The Hall–Kier alpha value is -2.28. The number of amides is 1. The molecule has 0 unspecified atom stereocenters. The summed E-state index contributed by atoms with van der Waals surface area (Å²) < 4.78 is 10.1. The van der Waals surface area contributed by atoms with Gasteiger partial charge in [-0.1, -0.05) is 0 Å². The second-order valence-electron chi connectivity index (χ2n) is 4.84. The largest absolute Gasteiger partial charge is 0.507 e. The Labute approximate surface area is 121 Å². The third-order valence-electron chi connectivity index (χ3n) is 3.56. The Morgan fingerprint density at radius 1 is 1.33 bits per heavy atom. The molecule has 0 radical (unpaired) electrons. The minimum atomic E-state index is -1.36. The van der Waals surface area contributed by atoms with Gasteiger partial charge in [-0.15, -0.1) is 0 Å². The summed E-state index contributed by atoms with van der Waals surface area (Å²) in [5.74, 6) is -1.60. The van der Waals surface area contributed by atoms with Crippen LogP contribution in [0.15, 0.2) is 18.2 Å². The number of nitrogens with one attached hydrogen (secondary N) is 1. The Bertz CT molecular complexity index is 550. The summed E-state index contributed by atoms with van der Waals surface area (Å²) in [6, 6.07) is 4.21. The molecule has 1 saturated heterocycles. The number of aromatic hydroxyl groups is 1. The molecule has 21 heavy (non-hydrogen) atoms. The van der Waals surface area contributed by atoms with Crippen molar-refractivity contribution >= 4 is 11.9 Å². The maximum atomic E-state index is 12.2. The molecule has 2 rings (SSSR count). The van der Waals surface area contributed by atoms with Crippen LogP contribution < -0.4 is 10.1 Å². The molecule has 1 aromatic rings. The van der Waals surface area contributed by atoms with Gasteiger partial charge in [0.25, 0.3) is 5.91 Å². The quantitative estimate of drug-likeness (QED) is 0.757. The number of aliphatic carboxylic acids is 1. The van der Waals surface area contributed by atoms with Gasteiger partial charge in [0.2, 0.25) is 0 Å². The summed E-state index contributed by atoms with van der Waals surface area (Å²) in [6.45, 7) is 0.530. The molecule has 1 heterocycles. The van der Waals surface area contributed by atoms with Crippen molar-refractivity contribution in [1.29, 1.82) is 0 Å². The zero-order valence-electron chi connectivity index (χ0n) is 11.6. The molecule has 0 bridgehead atoms. The van der Waals surface area contributed by atoms with E-state index in [1.165, 1.54) is 25.3 Å². The molecular formula is C14H17NO6. The summed E-state index contributed by atoms with van der Waals surface area (Å²) >= 11 is 0. The van der Waals surface area contributed by atoms with Crippen LogP contribution in [0.2, 0.25) is 0 Å². The number of methoxy groups -OCH3 is 1. The minimum Gasteiger partial charge on any atom is -0.507 e. The topological polar surface area (TPSA) is 105 Å². The molecule has 114 valence electrons. The number of phenolic OH excluding ortho intramolecular Hbond substituents is 1. The highest BCUT2D eigenvalue weighted by molar-refractivity contribution is 6.00. The first-order valence-corrected chi connectivity index (χ1v) is 6.49. The van der Waals surface area contributed by atoms with Crippen LogP contribution in [0.25, 0.3) is 0 Å². The molecule has 1 aromatic carbocycles. The van der Waals surface area contributed by atoms with Gasteiger partial charge >= 0.3 is 5.97 Å². The molecule has 1 aliphatic rings. The number of rotatable bonds is 4. The van der Waals surface area contributed by atoms with E-state index in [-0.39, 0.29) is 37.4 Å². The van der Waals surface area contributed by atoms with Crippen molar-refractivity contribution < 1.29 is 29.3 Å². The number of carboxylic acids is 1. The minimum absolute atomic E-state index is 0.00270. The molecular weight excluding hydrogens is 278 g/mol. The highest BCUT2D eigenvalue weighted by atomic mass is 16.5. The molecule has 0 aliphatic carbocycles. The average molecular weight is 295 g/mol. The van der Waals surface area contributed by atoms with Gasteiger partial charge in [-0.2, -0.15) is 0 Å². The Morgan fingerprint density at radius 3 is 2.52 bits per heavy atom. The maximum Gasteiger partial charge on any atom is 0.329 e. The fourth-order valence-electron chi connectivity index (χ4n) is 2.23. The number of ether oxygens (including phenoxy) is 2. The zero-order chi connectivity index (χ0) is 15.5. The molecule has 1 aliphatic heterocycles. The number of hydrogen-bond acceptors (Lipinski definition) is 5. The van der Waals surface area contributed by atoms with Crippen LogP contribution in [0, 0.1) is 0 Å². The summed E-state index contributed by atoms with van der Waals surface area (Å²) in [5.41, 5.74) is -1.36. The first-order valence-electron chi connectivity index (χ1n) is 6.49. The summed E-state index contributed by atoms with van der Waals surface area (Å²) in [5, 5.41) is 21.7. The highest BCUT2D eigenvalue weighted by Crippen LogP contribution is 2.26. The highest BCUT2D eigenvalue weighted by Gasteiger charge is 2.42. The third-order valence-corrected chi connectivity index (χ3v) is 3.56. The van der Waals surface area contributed by atoms with Crippen molar-refractivity contribution in [1.82, 2.24) is 5.32 Å². The first kappa shape index (κ1) is 15.1. The van der Waals surface area contributed by atoms with Crippen molar-refractivity contribution in [2.24, 2.45) is 0 Å². The van der Waals surface area contributed by atoms with E-state index in [0.29, 0.717) is 5.75 Å². The number of carboxylic acid groups (broad SMARTS) is 1. The van der Waals surface area contributed by atoms with Crippen LogP contribution in [0.5, 0.6) is 11.5 Å². The van der Waals surface area contributed by atoms with E-state index in [2.05, 4.69) is 5.32 Å². The first-order chi connectivity index (χ1) is 9.98. The standard InChI is InChI=1S/C14H17NO6/c1-20-9-2-3-10(11(16)8-9)12(17)15-14(13(18)19)4-6-21-7-5-14/h2-3,8,16H,4-7H2,1H3,(H,15,17)(H,18,19). The number of hydrogen-bond donors (Lipinski definition) is 3. The molecule has 7 heteroatoms. The smallest absolute Gasteiger partial charge is 0.329 e. The third kappa shape index (κ3) is 3.08. The molecule has 3 N–H and O–H groups in total. The van der Waals surface area contributed by atoms with E-state index in [0.717, 1.165) is 0 Å². The lowest BCUT2D eigenvalue weighted by Crippen LogP contribution is -2.57. The van der Waals surface area contributed by atoms with Crippen molar-refractivity contribution in [3.05, 3.63) is 23.8 Å². The normalized spacial score (nSPS) is 17.0. The number of phenols is 1. The van der Waals surface area contributed by atoms with Gasteiger partial charge in [0, 0.05) is 32.1 Å². The number of carbonyl (C=O) groups is 2. The SMILES string of the molecule is COc1ccc(C(=O)NC2(C(=O)O)CCOCC2)c(O)c1. The van der Waals surface area contributed by atoms with Crippen LogP contribution in [-0.2, 0) is 9.53 Å². The zero-order valence-corrected chi connectivity index (χ0v) is 11.6. The lowest BCUT2D eigenvalue weighted by Gasteiger charge is -2.33. The van der Waals surface area contributed by atoms with Gasteiger partial charge < -0.3 is 25.0 Å². The second-order valence-corrected chi connectivity index (χ2v) is 4.84. The molecule has 7 nitrogen and oxygen atoms in total. The van der Waals surface area contributed by atoms with Gasteiger partial charge in [-0.05, 0) is 12.1 Å². The van der Waals surface area contributed by atoms with Gasteiger partial charge in [0.15, 0.2) is 0 Å². The molecule has 0 atom stereocenters. The maximum absolute atomic E-state index is 12.2. The van der Waals surface area contributed by atoms with Crippen LogP contribution >= 0.6 is 0 Å². The van der Waals surface area contributed by atoms with Crippen molar-refractivity contribution in [3.8, 4) is 11.5 Å². The molecule has 1 amide bonds. The van der Waals surface area contributed by atoms with Gasteiger partial charge in [-0.3, -0.25) is 4.79 Å². The number of benzene rings is 1. The van der Waals surface area contributed by atoms with Crippen LogP contribution in [0.4, 0.5) is 0 Å². The monoisotopic (exact) mass is 295 g/mol. The fourth-order valence-corrected chi connectivity index (χ4v) is 2.23. The summed E-state index contributed by atoms with van der Waals surface area (Å²) in [4.78, 5) is 23.7. The van der Waals surface area contributed by atoms with E-state index in [1.807, 2.05) is 0 Å². The number of carbonyl (C=O) groups excluding carboxylic acids is 1. The van der Waals surface area contributed by atoms with Crippen molar-refractivity contribution in [3.63, 3.8) is 0 Å². The van der Waals surface area contributed by atoms with Gasteiger partial charge in [-0.25, -0.2) is 4.79 Å². The Balaban J connectivity index is 2.21. The molecule has 0 saturated carbocycles. The Morgan fingerprint density at radius 2 is 2.00 bits per heavy atom. The van der Waals surface area contributed by atoms with E-state index in [4.69, 9.17) is 9.47 Å². The molecule has 1 fully saturated rings. The van der Waals surface area contributed by atoms with E-state index in [1.54, 1.807) is 0 Å². The van der Waals surface area contributed by atoms with Crippen LogP contribution in [0.3, 0.4) is 0 Å². The fraction of sp³-hybridized carbons (Fsp3) is 0.429.